The lowest BCUT2D eigenvalue weighted by Crippen LogP contribution is -2.35. The van der Waals surface area contributed by atoms with Crippen molar-refractivity contribution in [2.24, 2.45) is 0 Å². The van der Waals surface area contributed by atoms with Gasteiger partial charge in [0.05, 0.1) is 19.2 Å². The number of imidazole rings is 1. The fraction of sp³-hybridized carbons (Fsp3) is 0.364. The number of carboxylic acids is 1. The van der Waals surface area contributed by atoms with Gasteiger partial charge >= 0.3 is 5.97 Å². The smallest absolute Gasteiger partial charge is 0.354 e. The lowest BCUT2D eigenvalue weighted by Gasteiger charge is -2.37. The molecule has 0 aliphatic carbocycles. The fourth-order valence-corrected chi connectivity index (χ4v) is 6.26. The molecule has 0 spiro atoms. The number of fused-ring (bicyclic) bond motifs is 2. The molecule has 2 aromatic carbocycles. The Hall–Kier alpha value is -3.79. The van der Waals surface area contributed by atoms with E-state index >= 15 is 0 Å². The van der Waals surface area contributed by atoms with Crippen LogP contribution in [0.4, 0.5) is 4.39 Å². The van der Waals surface area contributed by atoms with Gasteiger partial charge in [-0.2, -0.15) is 0 Å². The first-order chi connectivity index (χ1) is 20.6. The summed E-state index contributed by atoms with van der Waals surface area (Å²) in [6.45, 7) is 6.26. The third kappa shape index (κ3) is 5.77. The van der Waals surface area contributed by atoms with Crippen molar-refractivity contribution < 1.29 is 24.1 Å². The Morgan fingerprint density at radius 1 is 1.19 bits per heavy atom. The van der Waals surface area contributed by atoms with Gasteiger partial charge in [0.1, 0.15) is 22.9 Å². The van der Waals surface area contributed by atoms with E-state index in [1.165, 1.54) is 12.1 Å². The highest BCUT2D eigenvalue weighted by Crippen LogP contribution is 2.44. The van der Waals surface area contributed by atoms with Gasteiger partial charge in [0, 0.05) is 16.1 Å². The van der Waals surface area contributed by atoms with E-state index in [0.717, 1.165) is 48.6 Å². The number of ether oxygens (including phenoxy) is 1. The molecule has 2 atom stereocenters. The van der Waals surface area contributed by atoms with E-state index in [9.17, 15) is 19.4 Å². The molecular weight excluding hydrogens is 571 g/mol. The van der Waals surface area contributed by atoms with E-state index < -0.39 is 23.5 Å². The minimum atomic E-state index is -1.10. The predicted octanol–water partition coefficient (Wildman–Crippen LogP) is 6.39. The number of aliphatic hydroxyl groups is 1. The number of piperidine rings is 1. The molecule has 43 heavy (non-hydrogen) atoms. The van der Waals surface area contributed by atoms with E-state index in [-0.39, 0.29) is 11.6 Å². The number of halogens is 2. The minimum absolute atomic E-state index is 0.0508. The second-order valence-electron chi connectivity index (χ2n) is 11.5. The maximum atomic E-state index is 14.9. The van der Waals surface area contributed by atoms with Crippen molar-refractivity contribution in [2.75, 3.05) is 13.1 Å². The van der Waals surface area contributed by atoms with E-state index in [1.807, 2.05) is 42.7 Å². The number of likely N-dealkylation sites (tertiary alicyclic amines) is 1. The maximum Gasteiger partial charge on any atom is 0.354 e. The fourth-order valence-electron chi connectivity index (χ4n) is 6.10. The zero-order valence-electron chi connectivity index (χ0n) is 24.1. The van der Waals surface area contributed by atoms with Crippen molar-refractivity contribution in [3.63, 3.8) is 0 Å². The van der Waals surface area contributed by atoms with Crippen LogP contribution in [0.15, 0.2) is 54.6 Å². The molecule has 1 fully saturated rings. The largest absolute Gasteiger partial charge is 0.478 e. The summed E-state index contributed by atoms with van der Waals surface area (Å²) >= 11 is 6.00. The Balaban J connectivity index is 1.21. The molecule has 0 unspecified atom stereocenters. The van der Waals surface area contributed by atoms with Crippen LogP contribution in [-0.4, -0.2) is 54.8 Å². The summed E-state index contributed by atoms with van der Waals surface area (Å²) < 4.78 is 23.4. The Bertz CT molecular complexity index is 1710. The van der Waals surface area contributed by atoms with Crippen LogP contribution >= 0.6 is 11.6 Å². The number of hydrogen-bond donors (Lipinski definition) is 2. The number of rotatable bonds is 8. The van der Waals surface area contributed by atoms with Crippen LogP contribution in [0.1, 0.15) is 72.0 Å². The molecule has 2 aliphatic heterocycles. The van der Waals surface area contributed by atoms with Gasteiger partial charge in [-0.15, -0.1) is 0 Å². The molecule has 4 aromatic rings. The van der Waals surface area contributed by atoms with Crippen LogP contribution in [-0.2, 0) is 18.7 Å². The van der Waals surface area contributed by atoms with E-state index in [1.54, 1.807) is 18.2 Å². The van der Waals surface area contributed by atoms with Crippen molar-refractivity contribution in [3.8, 4) is 5.75 Å². The SMILES string of the molecule is CC[C@H](O)Cn1c(CN2CCC(c3cccc4c3O[C@@](C)(c3ccc(Cl)cc3F)C=C4)CC2)nc2ccc(C(=O)O)nc21. The Morgan fingerprint density at radius 2 is 1.98 bits per heavy atom. The topological polar surface area (TPSA) is 101 Å². The third-order valence-corrected chi connectivity index (χ3v) is 8.82. The number of aromatic carboxylic acids is 1. The Labute approximate surface area is 254 Å². The van der Waals surface area contributed by atoms with Crippen LogP contribution < -0.4 is 4.74 Å². The van der Waals surface area contributed by atoms with Gasteiger partial charge in [-0.3, -0.25) is 4.90 Å². The van der Waals surface area contributed by atoms with Crippen LogP contribution in [0.5, 0.6) is 5.75 Å². The number of hydrogen-bond acceptors (Lipinski definition) is 6. The third-order valence-electron chi connectivity index (χ3n) is 8.58. The van der Waals surface area contributed by atoms with E-state index in [2.05, 4.69) is 16.0 Å². The number of nitrogens with zero attached hydrogens (tertiary/aromatic N) is 4. The van der Waals surface area contributed by atoms with Crippen molar-refractivity contribution in [1.82, 2.24) is 19.4 Å². The predicted molar refractivity (Wildman–Crippen MR) is 163 cm³/mol. The van der Waals surface area contributed by atoms with Gasteiger partial charge in [0.25, 0.3) is 0 Å². The van der Waals surface area contributed by atoms with Gasteiger partial charge < -0.3 is 19.5 Å². The van der Waals surface area contributed by atoms with Crippen LogP contribution in [0.2, 0.25) is 5.02 Å². The molecule has 2 aromatic heterocycles. The summed E-state index contributed by atoms with van der Waals surface area (Å²) in [4.78, 5) is 23.0. The van der Waals surface area contributed by atoms with E-state index in [4.69, 9.17) is 21.3 Å². The molecule has 0 amide bonds. The van der Waals surface area contributed by atoms with Gasteiger partial charge in [-0.05, 0) is 81.1 Å². The van der Waals surface area contributed by atoms with Gasteiger partial charge in [0.2, 0.25) is 0 Å². The summed E-state index contributed by atoms with van der Waals surface area (Å²) in [7, 11) is 0. The lowest BCUT2D eigenvalue weighted by molar-refractivity contribution is 0.0690. The summed E-state index contributed by atoms with van der Waals surface area (Å²) in [6.07, 6.45) is 5.66. The van der Waals surface area contributed by atoms with Crippen molar-refractivity contribution >= 4 is 34.8 Å². The first-order valence-electron chi connectivity index (χ1n) is 14.6. The van der Waals surface area contributed by atoms with Crippen molar-refractivity contribution in [3.05, 3.63) is 93.7 Å². The average molecular weight is 605 g/mol. The second kappa shape index (κ2) is 11.7. The summed E-state index contributed by atoms with van der Waals surface area (Å²) in [5.74, 6) is 0.298. The number of benzene rings is 2. The lowest BCUT2D eigenvalue weighted by atomic mass is 9.85. The number of carbonyl (C=O) groups is 1. The molecule has 10 heteroatoms. The maximum absolute atomic E-state index is 14.9. The molecule has 2 aliphatic rings. The van der Waals surface area contributed by atoms with Crippen LogP contribution in [0, 0.1) is 5.82 Å². The van der Waals surface area contributed by atoms with Gasteiger partial charge in [-0.25, -0.2) is 19.2 Å². The molecule has 224 valence electrons. The quantitative estimate of drug-likeness (QED) is 0.240. The van der Waals surface area contributed by atoms with Crippen molar-refractivity contribution in [1.29, 1.82) is 0 Å². The number of para-hydroxylation sites is 1. The standard InChI is InChI=1S/C33H34ClFN4O4/c1-3-23(40)18-39-29(36-27-9-10-28(32(41)42)37-31(27)39)19-38-15-12-20(13-16-38)24-6-4-5-21-11-14-33(2,43-30(21)24)25-8-7-22(34)17-26(25)35/h4-11,14,17,20,23,40H,3,12-13,15-16,18-19H2,1-2H3,(H,41,42)/t23-,33+/m0/s1. The van der Waals surface area contributed by atoms with Crippen LogP contribution in [0.3, 0.4) is 0 Å². The second-order valence-corrected chi connectivity index (χ2v) is 12.0. The first kappa shape index (κ1) is 29.3. The normalized spacial score (nSPS) is 19.7. The average Bonchev–Trinajstić information content (AvgIpc) is 3.32. The Morgan fingerprint density at radius 3 is 2.70 bits per heavy atom. The molecule has 2 N–H and O–H groups in total. The van der Waals surface area contributed by atoms with Gasteiger partial charge in [0.15, 0.2) is 16.9 Å². The number of aromatic nitrogens is 3. The number of pyridine rings is 1. The van der Waals surface area contributed by atoms with Gasteiger partial charge in [-0.1, -0.05) is 48.9 Å². The highest BCUT2D eigenvalue weighted by Gasteiger charge is 2.35. The highest BCUT2D eigenvalue weighted by atomic mass is 35.5. The number of aliphatic hydroxyl groups excluding tert-OH is 1. The molecule has 4 heterocycles. The zero-order chi connectivity index (χ0) is 30.3. The molecule has 8 nitrogen and oxygen atoms in total. The minimum Gasteiger partial charge on any atom is -0.478 e. The molecule has 0 radical (unpaired) electrons. The molecule has 0 saturated carbocycles. The number of carboxylic acid groups (broad SMARTS) is 1. The molecule has 6 rings (SSSR count). The first-order valence-corrected chi connectivity index (χ1v) is 15.0. The molecular formula is C33H34ClFN4O4. The van der Waals surface area contributed by atoms with Crippen molar-refractivity contribution in [2.45, 2.75) is 63.8 Å². The highest BCUT2D eigenvalue weighted by molar-refractivity contribution is 6.30. The monoisotopic (exact) mass is 604 g/mol. The summed E-state index contributed by atoms with van der Waals surface area (Å²) in [5, 5.41) is 20.2. The Kier molecular flexibility index (Phi) is 7.98. The zero-order valence-corrected chi connectivity index (χ0v) is 24.9. The molecule has 1 saturated heterocycles. The van der Waals surface area contributed by atoms with Crippen LogP contribution in [0.25, 0.3) is 17.2 Å². The summed E-state index contributed by atoms with van der Waals surface area (Å²) in [5.41, 5.74) is 2.59. The summed E-state index contributed by atoms with van der Waals surface area (Å²) in [6, 6.07) is 14.0. The van der Waals surface area contributed by atoms with E-state index in [0.29, 0.717) is 41.3 Å². The molecule has 0 bridgehead atoms.